The molecule has 3 heterocycles. The Bertz CT molecular complexity index is 708. The van der Waals surface area contributed by atoms with Gasteiger partial charge in [-0.2, -0.15) is 0 Å². The van der Waals surface area contributed by atoms with Crippen molar-refractivity contribution in [3.8, 4) is 0 Å². The van der Waals surface area contributed by atoms with E-state index in [0.29, 0.717) is 30.9 Å². The molecule has 4 rings (SSSR count). The molecule has 6 heteroatoms. The largest absolute Gasteiger partial charge is 0.450 e. The predicted molar refractivity (Wildman–Crippen MR) is 108 cm³/mol. The van der Waals surface area contributed by atoms with Gasteiger partial charge in [0.05, 0.1) is 6.61 Å². The standard InChI is InChI=1S/C22H33N3O3/c1-4-28-21(27)23-12-9-22(3,15-23)24-10-7-18(8-11-24)25-19-13-16(2)5-6-17(19)14-20(25)26/h5,13,17-18H,4,6-12,14-15H2,1-3H3. The smallest absolute Gasteiger partial charge is 0.409 e. The van der Waals surface area contributed by atoms with E-state index in [9.17, 15) is 9.59 Å². The predicted octanol–water partition coefficient (Wildman–Crippen LogP) is 3.15. The van der Waals surface area contributed by atoms with E-state index in [-0.39, 0.29) is 11.6 Å². The minimum absolute atomic E-state index is 0.0126. The van der Waals surface area contributed by atoms with Gasteiger partial charge in [-0.3, -0.25) is 9.69 Å². The molecule has 2 unspecified atom stereocenters. The van der Waals surface area contributed by atoms with Gasteiger partial charge in [-0.05, 0) is 52.5 Å². The first kappa shape index (κ1) is 19.5. The lowest BCUT2D eigenvalue weighted by molar-refractivity contribution is -0.129. The summed E-state index contributed by atoms with van der Waals surface area (Å²) >= 11 is 0. The average molecular weight is 388 g/mol. The molecule has 3 aliphatic heterocycles. The van der Waals surface area contributed by atoms with Gasteiger partial charge in [0.2, 0.25) is 5.91 Å². The van der Waals surface area contributed by atoms with Crippen LogP contribution in [0.25, 0.3) is 0 Å². The Labute approximate surface area is 168 Å². The maximum absolute atomic E-state index is 12.7. The SMILES string of the molecule is CCOC(=O)N1CCC(C)(N2CCC(N3C(=O)CC4CC=C(C)C=C43)CC2)C1. The monoisotopic (exact) mass is 387 g/mol. The van der Waals surface area contributed by atoms with Crippen molar-refractivity contribution in [1.29, 1.82) is 0 Å². The number of hydrogen-bond acceptors (Lipinski definition) is 4. The van der Waals surface area contributed by atoms with E-state index < -0.39 is 0 Å². The molecule has 2 atom stereocenters. The van der Waals surface area contributed by atoms with Crippen LogP contribution in [0.15, 0.2) is 23.4 Å². The number of ether oxygens (including phenoxy) is 1. The first-order valence-corrected chi connectivity index (χ1v) is 10.8. The van der Waals surface area contributed by atoms with E-state index in [4.69, 9.17) is 4.74 Å². The molecule has 0 aromatic carbocycles. The van der Waals surface area contributed by atoms with Crippen LogP contribution in [-0.2, 0) is 9.53 Å². The van der Waals surface area contributed by atoms with E-state index in [1.807, 2.05) is 11.8 Å². The second-order valence-corrected chi connectivity index (χ2v) is 9.00. The Balaban J connectivity index is 1.38. The number of fused-ring (bicyclic) bond motifs is 1. The third-order valence-electron chi connectivity index (χ3n) is 7.06. The molecule has 2 amide bonds. The van der Waals surface area contributed by atoms with Gasteiger partial charge in [-0.15, -0.1) is 0 Å². The lowest BCUT2D eigenvalue weighted by Crippen LogP contribution is -2.54. The summed E-state index contributed by atoms with van der Waals surface area (Å²) in [7, 11) is 0. The number of hydrogen-bond donors (Lipinski definition) is 0. The highest BCUT2D eigenvalue weighted by Crippen LogP contribution is 2.40. The summed E-state index contributed by atoms with van der Waals surface area (Å²) < 4.78 is 5.18. The molecule has 3 saturated heterocycles. The molecule has 3 fully saturated rings. The summed E-state index contributed by atoms with van der Waals surface area (Å²) in [4.78, 5) is 31.3. The summed E-state index contributed by atoms with van der Waals surface area (Å²) in [5, 5.41) is 0. The number of allylic oxidation sites excluding steroid dienone is 4. The van der Waals surface area contributed by atoms with Crippen molar-refractivity contribution in [3.05, 3.63) is 23.4 Å². The lowest BCUT2D eigenvalue weighted by atomic mass is 9.91. The molecular formula is C22H33N3O3. The number of piperidine rings is 1. The van der Waals surface area contributed by atoms with Crippen molar-refractivity contribution in [2.24, 2.45) is 5.92 Å². The summed E-state index contributed by atoms with van der Waals surface area (Å²) in [6.07, 6.45) is 8.95. The molecule has 28 heavy (non-hydrogen) atoms. The van der Waals surface area contributed by atoms with E-state index in [2.05, 4.69) is 35.8 Å². The van der Waals surface area contributed by atoms with E-state index >= 15 is 0 Å². The van der Waals surface area contributed by atoms with Crippen LogP contribution in [0.4, 0.5) is 4.79 Å². The molecule has 0 radical (unpaired) electrons. The van der Waals surface area contributed by atoms with Crippen LogP contribution in [0.5, 0.6) is 0 Å². The summed E-state index contributed by atoms with van der Waals surface area (Å²) in [5.74, 6) is 0.693. The van der Waals surface area contributed by atoms with Crippen molar-refractivity contribution in [3.63, 3.8) is 0 Å². The van der Waals surface area contributed by atoms with Crippen LogP contribution < -0.4 is 0 Å². The van der Waals surface area contributed by atoms with Gasteiger partial charge in [0.25, 0.3) is 0 Å². The van der Waals surface area contributed by atoms with Crippen molar-refractivity contribution in [1.82, 2.24) is 14.7 Å². The fourth-order valence-corrected chi connectivity index (χ4v) is 5.42. The van der Waals surface area contributed by atoms with Crippen molar-refractivity contribution < 1.29 is 14.3 Å². The van der Waals surface area contributed by atoms with Crippen LogP contribution >= 0.6 is 0 Å². The molecule has 0 aromatic heterocycles. The molecule has 0 N–H and O–H groups in total. The normalized spacial score (nSPS) is 31.7. The molecule has 6 nitrogen and oxygen atoms in total. The Morgan fingerprint density at radius 2 is 2.04 bits per heavy atom. The van der Waals surface area contributed by atoms with E-state index in [0.717, 1.165) is 51.9 Å². The number of amides is 2. The first-order chi connectivity index (χ1) is 13.4. The topological polar surface area (TPSA) is 53.1 Å². The number of likely N-dealkylation sites (tertiary alicyclic amines) is 3. The van der Waals surface area contributed by atoms with Crippen molar-refractivity contribution >= 4 is 12.0 Å². The van der Waals surface area contributed by atoms with Gasteiger partial charge < -0.3 is 14.5 Å². The van der Waals surface area contributed by atoms with Gasteiger partial charge in [-0.25, -0.2) is 4.79 Å². The van der Waals surface area contributed by atoms with E-state index in [1.54, 1.807) is 0 Å². The maximum Gasteiger partial charge on any atom is 0.409 e. The fourth-order valence-electron chi connectivity index (χ4n) is 5.42. The highest BCUT2D eigenvalue weighted by atomic mass is 16.6. The second kappa shape index (κ2) is 7.54. The van der Waals surface area contributed by atoms with Gasteiger partial charge in [0.1, 0.15) is 0 Å². The van der Waals surface area contributed by atoms with Crippen LogP contribution in [-0.4, -0.2) is 71.1 Å². The summed E-state index contributed by atoms with van der Waals surface area (Å²) in [6.45, 7) is 10.1. The minimum Gasteiger partial charge on any atom is -0.450 e. The first-order valence-electron chi connectivity index (χ1n) is 10.8. The minimum atomic E-state index is -0.192. The molecule has 0 spiro atoms. The lowest BCUT2D eigenvalue weighted by Gasteiger charge is -2.45. The highest BCUT2D eigenvalue weighted by Gasteiger charge is 2.45. The van der Waals surface area contributed by atoms with E-state index in [1.165, 1.54) is 11.3 Å². The Hall–Kier alpha value is -1.82. The third-order valence-corrected chi connectivity index (χ3v) is 7.06. The Morgan fingerprint density at radius 1 is 1.29 bits per heavy atom. The summed E-state index contributed by atoms with van der Waals surface area (Å²) in [5.41, 5.74) is 2.54. The number of carbonyl (C=O) groups excluding carboxylic acids is 2. The molecule has 4 aliphatic rings. The van der Waals surface area contributed by atoms with Gasteiger partial charge in [0, 0.05) is 55.8 Å². The van der Waals surface area contributed by atoms with Crippen molar-refractivity contribution in [2.75, 3.05) is 32.8 Å². The zero-order valence-corrected chi connectivity index (χ0v) is 17.4. The van der Waals surface area contributed by atoms with Gasteiger partial charge in [-0.1, -0.05) is 11.6 Å². The maximum atomic E-state index is 12.7. The fraction of sp³-hybridized carbons (Fsp3) is 0.727. The van der Waals surface area contributed by atoms with Crippen LogP contribution in [0.1, 0.15) is 52.9 Å². The third kappa shape index (κ3) is 3.47. The Kier molecular flexibility index (Phi) is 5.25. The molecule has 0 saturated carbocycles. The second-order valence-electron chi connectivity index (χ2n) is 9.00. The van der Waals surface area contributed by atoms with Crippen molar-refractivity contribution in [2.45, 2.75) is 64.5 Å². The molecular weight excluding hydrogens is 354 g/mol. The number of rotatable bonds is 3. The average Bonchev–Trinajstić information content (AvgIpc) is 3.22. The summed E-state index contributed by atoms with van der Waals surface area (Å²) in [6, 6.07) is 0.317. The molecule has 1 aliphatic carbocycles. The zero-order chi connectivity index (χ0) is 19.9. The van der Waals surface area contributed by atoms with Gasteiger partial charge in [0.15, 0.2) is 0 Å². The Morgan fingerprint density at radius 3 is 2.75 bits per heavy atom. The number of carbonyl (C=O) groups is 2. The highest BCUT2D eigenvalue weighted by molar-refractivity contribution is 5.83. The quantitative estimate of drug-likeness (QED) is 0.746. The van der Waals surface area contributed by atoms with Crippen LogP contribution in [0.3, 0.4) is 0 Å². The van der Waals surface area contributed by atoms with Crippen LogP contribution in [0, 0.1) is 5.92 Å². The zero-order valence-electron chi connectivity index (χ0n) is 17.4. The molecule has 0 aromatic rings. The number of nitrogens with zero attached hydrogens (tertiary/aromatic N) is 3. The van der Waals surface area contributed by atoms with Gasteiger partial charge >= 0.3 is 6.09 Å². The molecule has 154 valence electrons. The van der Waals surface area contributed by atoms with Crippen LogP contribution in [0.2, 0.25) is 0 Å². The molecule has 0 bridgehead atoms.